The van der Waals surface area contributed by atoms with E-state index in [1.165, 1.54) is 43.4 Å². The average Bonchev–Trinajstić information content (AvgIpc) is 3.22. The first-order valence-electron chi connectivity index (χ1n) is 13.9. The third-order valence-electron chi connectivity index (χ3n) is 7.61. The number of quaternary nitrogens is 1. The van der Waals surface area contributed by atoms with E-state index in [0.717, 1.165) is 6.07 Å². The molecule has 1 heterocycles. The van der Waals surface area contributed by atoms with Crippen LogP contribution in [0, 0.1) is 19.8 Å². The molecular formula is C30H38F3N4O5S+. The van der Waals surface area contributed by atoms with Gasteiger partial charge in [-0.1, -0.05) is 62.7 Å². The molecule has 0 bridgehead atoms. The number of rotatable bonds is 12. The maximum atomic E-state index is 14.6. The Morgan fingerprint density at radius 2 is 1.74 bits per heavy atom. The fourth-order valence-corrected chi connectivity index (χ4v) is 6.63. The molecule has 2 atom stereocenters. The van der Waals surface area contributed by atoms with E-state index in [9.17, 15) is 31.2 Å². The molecule has 1 aromatic heterocycles. The van der Waals surface area contributed by atoms with Crippen molar-refractivity contribution in [2.75, 3.05) is 11.8 Å². The summed E-state index contributed by atoms with van der Waals surface area (Å²) >= 11 is 0. The van der Waals surface area contributed by atoms with Crippen LogP contribution >= 0.6 is 0 Å². The maximum Gasteiger partial charge on any atom is 0.417 e. The van der Waals surface area contributed by atoms with Crippen LogP contribution in [0.4, 0.5) is 19.0 Å². The van der Waals surface area contributed by atoms with Crippen LogP contribution in [0.1, 0.15) is 62.5 Å². The van der Waals surface area contributed by atoms with Crippen molar-refractivity contribution in [2.45, 2.75) is 77.5 Å². The van der Waals surface area contributed by atoms with Crippen LogP contribution < -0.4 is 10.5 Å². The number of nitrogens with two attached hydrogens (primary N) is 1. The molecule has 43 heavy (non-hydrogen) atoms. The molecule has 234 valence electrons. The number of amides is 2. The number of sulfonamides is 1. The number of halogens is 3. The van der Waals surface area contributed by atoms with E-state index >= 15 is 0 Å². The molecule has 0 spiro atoms. The van der Waals surface area contributed by atoms with Crippen molar-refractivity contribution in [3.63, 3.8) is 0 Å². The van der Waals surface area contributed by atoms with Gasteiger partial charge >= 0.3 is 12.1 Å². The molecule has 2 amide bonds. The molecule has 0 aliphatic carbocycles. The number of hydrogen-bond donors (Lipinski definition) is 2. The van der Waals surface area contributed by atoms with Gasteiger partial charge in [-0.2, -0.15) is 13.2 Å². The largest absolute Gasteiger partial charge is 0.417 e. The Labute approximate surface area is 249 Å². The molecule has 3 aromatic rings. The lowest BCUT2D eigenvalue weighted by Gasteiger charge is -2.39. The number of hydrogen-bond acceptors (Lipinski definition) is 6. The molecule has 0 aliphatic heterocycles. The molecular weight excluding hydrogens is 585 g/mol. The Bertz CT molecular complexity index is 1600. The Morgan fingerprint density at radius 1 is 1.09 bits per heavy atom. The van der Waals surface area contributed by atoms with Gasteiger partial charge in [-0.3, -0.25) is 9.52 Å². The maximum absolute atomic E-state index is 14.6. The lowest BCUT2D eigenvalue weighted by atomic mass is 9.94. The van der Waals surface area contributed by atoms with Gasteiger partial charge in [0.25, 0.3) is 15.9 Å². The zero-order valence-electron chi connectivity index (χ0n) is 25.1. The molecule has 0 saturated heterocycles. The first kappa shape index (κ1) is 33.8. The number of aryl methyl sites for hydroxylation is 1. The number of nitrogens with zero attached hydrogens (tertiary/aromatic N) is 2. The molecule has 0 saturated carbocycles. The standard InChI is InChI=1S/C30H37F3N4O5S/c1-7-8-13-26(38)37(6,27(18(2)3)28(34)39)17-21-14-15-22(24(16-21)30(31,32)33)23-11-9-10-12-25(23)43(40,41)36-29-19(4)20(5)42-35-29/h9-12,14-16,18,27H,7-8,13,17H2,1-6H3,(H2-,34,35,36,39)/p+1/t27-,37?/m0/s1. The Balaban J connectivity index is 2.16. The highest BCUT2D eigenvalue weighted by Crippen LogP contribution is 2.41. The molecule has 3 rings (SSSR count). The summed E-state index contributed by atoms with van der Waals surface area (Å²) in [6, 6.07) is 7.86. The third-order valence-corrected chi connectivity index (χ3v) is 9.00. The molecule has 1 unspecified atom stereocenters. The summed E-state index contributed by atoms with van der Waals surface area (Å²) in [6.45, 7) is 8.34. The van der Waals surface area contributed by atoms with E-state index in [-0.39, 0.29) is 47.3 Å². The van der Waals surface area contributed by atoms with E-state index in [4.69, 9.17) is 10.3 Å². The summed E-state index contributed by atoms with van der Waals surface area (Å²) in [5.74, 6) is -1.08. The first-order valence-corrected chi connectivity index (χ1v) is 15.4. The van der Waals surface area contributed by atoms with Gasteiger partial charge in [-0.05, 0) is 38.0 Å². The number of primary amides is 1. The van der Waals surface area contributed by atoms with E-state index in [1.54, 1.807) is 27.7 Å². The zero-order chi connectivity index (χ0) is 32.3. The second kappa shape index (κ2) is 12.9. The van der Waals surface area contributed by atoms with Crippen LogP contribution in [0.2, 0.25) is 0 Å². The number of nitrogens with one attached hydrogen (secondary N) is 1. The SMILES string of the molecule is CCCCC(=O)[N+](C)(Cc1ccc(-c2ccccc2S(=O)(=O)Nc2noc(C)c2C)c(C(F)(F)F)c1)[C@H](C(N)=O)C(C)C. The molecule has 0 radical (unpaired) electrons. The fraction of sp³-hybridized carbons (Fsp3) is 0.433. The van der Waals surface area contributed by atoms with Crippen LogP contribution in [0.25, 0.3) is 11.1 Å². The van der Waals surface area contributed by atoms with Gasteiger partial charge < -0.3 is 10.3 Å². The van der Waals surface area contributed by atoms with Gasteiger partial charge in [-0.15, -0.1) is 0 Å². The zero-order valence-corrected chi connectivity index (χ0v) is 25.9. The van der Waals surface area contributed by atoms with Crippen LogP contribution in [0.5, 0.6) is 0 Å². The molecule has 0 aliphatic rings. The summed E-state index contributed by atoms with van der Waals surface area (Å²) in [5.41, 5.74) is 4.65. The molecule has 0 fully saturated rings. The van der Waals surface area contributed by atoms with E-state index < -0.39 is 43.1 Å². The van der Waals surface area contributed by atoms with Crippen molar-refractivity contribution in [3.8, 4) is 11.1 Å². The smallest absolute Gasteiger partial charge is 0.364 e. The predicted octanol–water partition coefficient (Wildman–Crippen LogP) is 5.95. The van der Waals surface area contributed by atoms with Crippen molar-refractivity contribution in [1.82, 2.24) is 5.16 Å². The van der Waals surface area contributed by atoms with Crippen LogP contribution in [0.15, 0.2) is 51.9 Å². The summed E-state index contributed by atoms with van der Waals surface area (Å²) in [4.78, 5) is 25.6. The molecule has 3 N–H and O–H groups in total. The van der Waals surface area contributed by atoms with E-state index in [2.05, 4.69) is 9.88 Å². The normalized spacial score (nSPS) is 14.4. The number of anilines is 1. The highest BCUT2D eigenvalue weighted by molar-refractivity contribution is 7.92. The number of unbranched alkanes of at least 4 members (excludes halogenated alkanes) is 1. The van der Waals surface area contributed by atoms with Gasteiger partial charge in [0.15, 0.2) is 11.9 Å². The van der Waals surface area contributed by atoms with Crippen LogP contribution in [-0.2, 0) is 32.3 Å². The minimum Gasteiger partial charge on any atom is -0.364 e. The second-order valence-electron chi connectivity index (χ2n) is 11.2. The topological polar surface area (TPSA) is 132 Å². The Kier molecular flexibility index (Phi) is 10.1. The lowest BCUT2D eigenvalue weighted by Crippen LogP contribution is -2.62. The average molecular weight is 624 g/mol. The van der Waals surface area contributed by atoms with Gasteiger partial charge in [0.05, 0.1) is 23.9 Å². The quantitative estimate of drug-likeness (QED) is 0.240. The van der Waals surface area contributed by atoms with Gasteiger partial charge in [-0.25, -0.2) is 17.7 Å². The van der Waals surface area contributed by atoms with E-state index in [0.29, 0.717) is 24.2 Å². The number of benzene rings is 2. The van der Waals surface area contributed by atoms with Crippen molar-refractivity contribution in [2.24, 2.45) is 11.7 Å². The summed E-state index contributed by atoms with van der Waals surface area (Å²) in [6.07, 6.45) is -3.48. The lowest BCUT2D eigenvalue weighted by molar-refractivity contribution is -0.868. The minimum atomic E-state index is -4.88. The van der Waals surface area contributed by atoms with Crippen molar-refractivity contribution >= 4 is 27.7 Å². The van der Waals surface area contributed by atoms with Crippen molar-refractivity contribution < 1.29 is 40.2 Å². The number of alkyl halides is 3. The molecule has 9 nitrogen and oxygen atoms in total. The number of carbonyl (C=O) groups excluding carboxylic acids is 2. The van der Waals surface area contributed by atoms with Gasteiger partial charge in [0.2, 0.25) is 0 Å². The number of aromatic nitrogens is 1. The first-order chi connectivity index (χ1) is 19.9. The Hall–Kier alpha value is -3.71. The fourth-order valence-electron chi connectivity index (χ4n) is 5.35. The molecule has 13 heteroatoms. The third kappa shape index (κ3) is 7.27. The van der Waals surface area contributed by atoms with Crippen LogP contribution in [-0.4, -0.2) is 43.0 Å². The monoisotopic (exact) mass is 623 g/mol. The number of carbonyl (C=O) groups is 2. The van der Waals surface area contributed by atoms with Crippen molar-refractivity contribution in [3.05, 3.63) is 64.9 Å². The highest BCUT2D eigenvalue weighted by Gasteiger charge is 2.45. The van der Waals surface area contributed by atoms with Crippen LogP contribution in [0.3, 0.4) is 0 Å². The van der Waals surface area contributed by atoms with E-state index in [1.807, 2.05) is 6.92 Å². The summed E-state index contributed by atoms with van der Waals surface area (Å²) in [7, 11) is -2.87. The Morgan fingerprint density at radius 3 is 2.28 bits per heavy atom. The van der Waals surface area contributed by atoms with Gasteiger partial charge in [0.1, 0.15) is 12.3 Å². The summed E-state index contributed by atoms with van der Waals surface area (Å²) in [5, 5.41) is 3.69. The predicted molar refractivity (Wildman–Crippen MR) is 156 cm³/mol. The molecule has 2 aromatic carbocycles. The highest BCUT2D eigenvalue weighted by atomic mass is 32.2. The summed E-state index contributed by atoms with van der Waals surface area (Å²) < 4.78 is 77.3. The second-order valence-corrected chi connectivity index (χ2v) is 12.9. The van der Waals surface area contributed by atoms with Gasteiger partial charge in [0, 0.05) is 22.6 Å². The number of likely N-dealkylation sites (N-methyl/N-ethyl adjacent to an activating group) is 1. The van der Waals surface area contributed by atoms with Crippen molar-refractivity contribution in [1.29, 1.82) is 0 Å². The minimum absolute atomic E-state index is 0.0716.